The molecule has 2 N–H and O–H groups in total. The Kier molecular flexibility index (Phi) is 7.97. The SMILES string of the molecule is CNC(=O)c1cc(=O)n(CCN2CCC(NCc3cc(C4CC=CS4)on3)CC2)c2cc(OC)ccc12. The summed E-state index contributed by atoms with van der Waals surface area (Å²) in [5.74, 6) is 1.33. The summed E-state index contributed by atoms with van der Waals surface area (Å²) < 4.78 is 12.7. The average molecular weight is 524 g/mol. The van der Waals surface area contributed by atoms with Crippen molar-refractivity contribution in [3.05, 3.63) is 69.2 Å². The Bertz CT molecular complexity index is 1330. The third-order valence-electron chi connectivity index (χ3n) is 7.17. The van der Waals surface area contributed by atoms with Gasteiger partial charge in [-0.25, -0.2) is 0 Å². The molecule has 0 spiro atoms. The van der Waals surface area contributed by atoms with Crippen molar-refractivity contribution in [3.63, 3.8) is 0 Å². The second-order valence-electron chi connectivity index (χ2n) is 9.46. The molecule has 2 aliphatic heterocycles. The molecule has 1 aromatic carbocycles. The van der Waals surface area contributed by atoms with Crippen molar-refractivity contribution >= 4 is 28.6 Å². The fourth-order valence-electron chi connectivity index (χ4n) is 5.02. The zero-order valence-corrected chi connectivity index (χ0v) is 22.1. The number of carbonyl (C=O) groups excluding carboxylic acids is 1. The maximum atomic E-state index is 13.0. The van der Waals surface area contributed by atoms with Crippen LogP contribution in [0.15, 0.2) is 51.1 Å². The summed E-state index contributed by atoms with van der Waals surface area (Å²) in [6.45, 7) is 3.93. The summed E-state index contributed by atoms with van der Waals surface area (Å²) in [5.41, 5.74) is 1.86. The first kappa shape index (κ1) is 25.6. The van der Waals surface area contributed by atoms with Crippen LogP contribution in [0.5, 0.6) is 5.75 Å². The fraction of sp³-hybridized carbons (Fsp3) is 0.444. The maximum absolute atomic E-state index is 13.0. The molecule has 1 fully saturated rings. The van der Waals surface area contributed by atoms with Gasteiger partial charge in [0.1, 0.15) is 5.75 Å². The third kappa shape index (κ3) is 5.76. The number of likely N-dealkylation sites (tertiary alicyclic amines) is 1. The highest BCUT2D eigenvalue weighted by Gasteiger charge is 2.22. The van der Waals surface area contributed by atoms with Crippen LogP contribution < -0.4 is 20.9 Å². The minimum Gasteiger partial charge on any atom is -0.497 e. The number of allylic oxidation sites excluding steroid dienone is 1. The Hall–Kier alpha value is -3.08. The zero-order chi connectivity index (χ0) is 25.8. The number of amides is 1. The molecule has 1 saturated heterocycles. The Morgan fingerprint density at radius 2 is 2.05 bits per heavy atom. The lowest BCUT2D eigenvalue weighted by molar-refractivity contribution is 0.0964. The Labute approximate surface area is 220 Å². The Morgan fingerprint density at radius 3 is 2.78 bits per heavy atom. The standard InChI is InChI=1S/C27H33N5O4S/c1-28-27(34)22-16-26(33)32(23-15-20(35-2)5-6-21(22)23)12-11-31-9-7-18(8-10-31)29-17-19-14-24(36-30-19)25-4-3-13-37-25/h3,5-6,13-16,18,25,29H,4,7-12,17H2,1-2H3,(H,28,34). The fourth-order valence-corrected chi connectivity index (χ4v) is 5.90. The van der Waals surface area contributed by atoms with E-state index < -0.39 is 0 Å². The van der Waals surface area contributed by atoms with E-state index in [9.17, 15) is 9.59 Å². The number of pyridine rings is 1. The number of hydrogen-bond donors (Lipinski definition) is 2. The van der Waals surface area contributed by atoms with Crippen LogP contribution in [0, 0.1) is 0 Å². The van der Waals surface area contributed by atoms with Crippen molar-refractivity contribution in [1.29, 1.82) is 0 Å². The van der Waals surface area contributed by atoms with E-state index >= 15 is 0 Å². The molecule has 0 radical (unpaired) electrons. The molecule has 1 atom stereocenters. The van der Waals surface area contributed by atoms with Crippen LogP contribution in [-0.2, 0) is 13.1 Å². The monoisotopic (exact) mass is 523 g/mol. The highest BCUT2D eigenvalue weighted by molar-refractivity contribution is 8.02. The lowest BCUT2D eigenvalue weighted by Crippen LogP contribution is -2.43. The molecule has 1 amide bonds. The number of thioether (sulfide) groups is 1. The largest absolute Gasteiger partial charge is 0.497 e. The van der Waals surface area contributed by atoms with Gasteiger partial charge in [0.05, 0.1) is 29.1 Å². The molecule has 2 aromatic heterocycles. The van der Waals surface area contributed by atoms with Crippen molar-refractivity contribution in [2.75, 3.05) is 33.8 Å². The summed E-state index contributed by atoms with van der Waals surface area (Å²) in [6, 6.07) is 9.41. The van der Waals surface area contributed by atoms with Gasteiger partial charge in [-0.15, -0.1) is 11.8 Å². The van der Waals surface area contributed by atoms with Crippen molar-refractivity contribution in [3.8, 4) is 5.75 Å². The Balaban J connectivity index is 1.17. The van der Waals surface area contributed by atoms with E-state index in [1.165, 1.54) is 6.07 Å². The van der Waals surface area contributed by atoms with Gasteiger partial charge in [-0.1, -0.05) is 11.2 Å². The van der Waals surface area contributed by atoms with Gasteiger partial charge in [-0.3, -0.25) is 9.59 Å². The number of aromatic nitrogens is 2. The number of methoxy groups -OCH3 is 1. The van der Waals surface area contributed by atoms with Gasteiger partial charge in [0.25, 0.3) is 11.5 Å². The summed E-state index contributed by atoms with van der Waals surface area (Å²) in [6.07, 6.45) is 5.23. The second-order valence-corrected chi connectivity index (χ2v) is 10.6. The first-order valence-corrected chi connectivity index (χ1v) is 13.7. The van der Waals surface area contributed by atoms with E-state index in [2.05, 4.69) is 38.2 Å². The number of hydrogen-bond acceptors (Lipinski definition) is 8. The lowest BCUT2D eigenvalue weighted by atomic mass is 10.0. The van der Waals surface area contributed by atoms with E-state index in [-0.39, 0.29) is 11.5 Å². The van der Waals surface area contributed by atoms with Crippen LogP contribution >= 0.6 is 11.8 Å². The number of rotatable bonds is 9. The van der Waals surface area contributed by atoms with Crippen molar-refractivity contribution in [2.24, 2.45) is 0 Å². The summed E-state index contributed by atoms with van der Waals surface area (Å²) in [5, 5.41) is 13.7. The molecule has 0 aliphatic carbocycles. The Morgan fingerprint density at radius 1 is 1.22 bits per heavy atom. The molecule has 0 bridgehead atoms. The smallest absolute Gasteiger partial charge is 0.251 e. The lowest BCUT2D eigenvalue weighted by Gasteiger charge is -2.32. The van der Waals surface area contributed by atoms with Crippen molar-refractivity contribution in [1.82, 2.24) is 25.3 Å². The molecule has 1 unspecified atom stereocenters. The second kappa shape index (κ2) is 11.5. The number of nitrogens with one attached hydrogen (secondary N) is 2. The van der Waals surface area contributed by atoms with E-state index in [4.69, 9.17) is 9.26 Å². The molecule has 196 valence electrons. The molecule has 4 heterocycles. The third-order valence-corrected chi connectivity index (χ3v) is 8.28. The zero-order valence-electron chi connectivity index (χ0n) is 21.2. The van der Waals surface area contributed by atoms with Crippen LogP contribution in [-0.4, -0.2) is 60.4 Å². The minimum absolute atomic E-state index is 0.185. The molecule has 37 heavy (non-hydrogen) atoms. The highest BCUT2D eigenvalue weighted by atomic mass is 32.2. The number of fused-ring (bicyclic) bond motifs is 1. The van der Waals surface area contributed by atoms with E-state index in [0.29, 0.717) is 41.2 Å². The summed E-state index contributed by atoms with van der Waals surface area (Å²) in [4.78, 5) is 27.8. The maximum Gasteiger partial charge on any atom is 0.251 e. The molecule has 0 saturated carbocycles. The quantitative estimate of drug-likeness (QED) is 0.441. The van der Waals surface area contributed by atoms with Gasteiger partial charge in [-0.05, 0) is 49.9 Å². The van der Waals surface area contributed by atoms with E-state index in [1.54, 1.807) is 30.5 Å². The molecule has 10 heteroatoms. The molecule has 2 aliphatic rings. The first-order chi connectivity index (χ1) is 18.1. The minimum atomic E-state index is -0.273. The van der Waals surface area contributed by atoms with E-state index in [0.717, 1.165) is 55.7 Å². The van der Waals surface area contributed by atoms with Gasteiger partial charge in [0.15, 0.2) is 5.76 Å². The molecular formula is C27H33N5O4S. The van der Waals surface area contributed by atoms with Crippen molar-refractivity contribution < 1.29 is 14.1 Å². The van der Waals surface area contributed by atoms with Crippen molar-refractivity contribution in [2.45, 2.75) is 43.6 Å². The summed E-state index contributed by atoms with van der Waals surface area (Å²) >= 11 is 1.78. The molecular weight excluding hydrogens is 490 g/mol. The normalized spacial score (nSPS) is 18.5. The number of carbonyl (C=O) groups is 1. The van der Waals surface area contributed by atoms with Crippen LogP contribution in [0.25, 0.3) is 10.9 Å². The van der Waals surface area contributed by atoms with Crippen LogP contribution in [0.3, 0.4) is 0 Å². The summed E-state index contributed by atoms with van der Waals surface area (Å²) in [7, 11) is 3.16. The van der Waals surface area contributed by atoms with Crippen LogP contribution in [0.4, 0.5) is 0 Å². The van der Waals surface area contributed by atoms with Gasteiger partial charge in [0.2, 0.25) is 0 Å². The van der Waals surface area contributed by atoms with Gasteiger partial charge < -0.3 is 29.4 Å². The number of piperidine rings is 1. The first-order valence-electron chi connectivity index (χ1n) is 12.7. The molecule has 9 nitrogen and oxygen atoms in total. The van der Waals surface area contributed by atoms with Gasteiger partial charge in [-0.2, -0.15) is 0 Å². The van der Waals surface area contributed by atoms with Gasteiger partial charge in [0, 0.05) is 56.3 Å². The number of nitrogens with zero attached hydrogens (tertiary/aromatic N) is 3. The topological polar surface area (TPSA) is 102 Å². The predicted octanol–water partition coefficient (Wildman–Crippen LogP) is 3.30. The predicted molar refractivity (Wildman–Crippen MR) is 145 cm³/mol. The number of ether oxygens (including phenoxy) is 1. The molecule has 5 rings (SSSR count). The van der Waals surface area contributed by atoms with Gasteiger partial charge >= 0.3 is 0 Å². The van der Waals surface area contributed by atoms with E-state index in [1.807, 2.05) is 18.2 Å². The highest BCUT2D eigenvalue weighted by Crippen LogP contribution is 2.38. The molecule has 3 aromatic rings. The van der Waals surface area contributed by atoms with Crippen LogP contribution in [0.2, 0.25) is 0 Å². The average Bonchev–Trinajstić information content (AvgIpc) is 3.63. The van der Waals surface area contributed by atoms with Crippen LogP contribution in [0.1, 0.15) is 46.3 Å². The number of benzene rings is 1.